The second-order valence-corrected chi connectivity index (χ2v) is 14.0. The maximum absolute atomic E-state index is 13.6. The molecule has 2 aromatic carbocycles. The smallest absolute Gasteiger partial charge is 0.407 e. The van der Waals surface area contributed by atoms with Crippen LogP contribution in [0.5, 0.6) is 0 Å². The third kappa shape index (κ3) is 11.7. The van der Waals surface area contributed by atoms with E-state index in [0.29, 0.717) is 0 Å². The van der Waals surface area contributed by atoms with Crippen LogP contribution in [0.4, 0.5) is 4.79 Å². The number of amides is 3. The molecule has 11 heteroatoms. The Hall–Kier alpha value is -4.41. The summed E-state index contributed by atoms with van der Waals surface area (Å²) in [5, 5.41) is 8.00. The van der Waals surface area contributed by atoms with Crippen molar-refractivity contribution in [3.63, 3.8) is 0 Å². The Morgan fingerprint density at radius 2 is 1.09 bits per heavy atom. The summed E-state index contributed by atoms with van der Waals surface area (Å²) in [6.45, 7) is 14.0. The summed E-state index contributed by atoms with van der Waals surface area (Å²) in [7, 11) is 0. The summed E-state index contributed by atoms with van der Waals surface area (Å²) in [4.78, 5) is 64.7. The van der Waals surface area contributed by atoms with Crippen molar-refractivity contribution in [1.82, 2.24) is 16.0 Å². The fraction of sp³-hybridized carbons (Fsp3) is 0.528. The van der Waals surface area contributed by atoms with Crippen LogP contribution in [0.1, 0.15) is 98.1 Å². The summed E-state index contributed by atoms with van der Waals surface area (Å²) in [6.07, 6.45) is -1.32. The fourth-order valence-electron chi connectivity index (χ4n) is 5.29. The highest BCUT2D eigenvalue weighted by Crippen LogP contribution is 2.44. The van der Waals surface area contributed by atoms with Gasteiger partial charge in [-0.3, -0.25) is 19.2 Å². The molecule has 0 spiro atoms. The van der Waals surface area contributed by atoms with Gasteiger partial charge in [0.15, 0.2) is 0 Å². The van der Waals surface area contributed by atoms with Crippen LogP contribution in [0, 0.1) is 0 Å². The molecule has 256 valence electrons. The molecule has 3 rings (SSSR count). The highest BCUT2D eigenvalue weighted by Gasteiger charge is 2.32. The number of alkyl carbamates (subject to hydrolysis) is 1. The molecule has 0 saturated carbocycles. The molecule has 3 N–H and O–H groups in total. The molecule has 11 nitrogen and oxygen atoms in total. The number of rotatable bonds is 13. The lowest BCUT2D eigenvalue weighted by molar-refractivity contribution is -0.156. The van der Waals surface area contributed by atoms with Crippen molar-refractivity contribution in [2.45, 2.75) is 116 Å². The summed E-state index contributed by atoms with van der Waals surface area (Å²) >= 11 is 0. The summed E-state index contributed by atoms with van der Waals surface area (Å²) < 4.78 is 16.4. The fourth-order valence-corrected chi connectivity index (χ4v) is 5.29. The largest absolute Gasteiger partial charge is 0.460 e. The average molecular weight is 652 g/mol. The van der Waals surface area contributed by atoms with Crippen molar-refractivity contribution in [3.8, 4) is 11.1 Å². The van der Waals surface area contributed by atoms with Crippen molar-refractivity contribution >= 4 is 29.8 Å². The molecule has 0 heterocycles. The van der Waals surface area contributed by atoms with Crippen LogP contribution < -0.4 is 16.0 Å². The van der Waals surface area contributed by atoms with Gasteiger partial charge in [-0.2, -0.15) is 0 Å². The maximum atomic E-state index is 13.6. The van der Waals surface area contributed by atoms with Crippen LogP contribution in [0.15, 0.2) is 48.5 Å². The Morgan fingerprint density at radius 1 is 0.660 bits per heavy atom. The second kappa shape index (κ2) is 15.9. The summed E-state index contributed by atoms with van der Waals surface area (Å²) in [6, 6.07) is 13.3. The number of carbonyl (C=O) groups excluding carboxylic acids is 5. The van der Waals surface area contributed by atoms with Crippen LogP contribution in [0.3, 0.4) is 0 Å². The normalized spacial score (nSPS) is 13.9. The third-order valence-electron chi connectivity index (χ3n) is 7.13. The van der Waals surface area contributed by atoms with Gasteiger partial charge in [0.2, 0.25) is 11.8 Å². The number of hydrogen-bond donors (Lipinski definition) is 3. The molecule has 0 fully saturated rings. The Labute approximate surface area is 277 Å². The third-order valence-corrected chi connectivity index (χ3v) is 7.13. The molecule has 47 heavy (non-hydrogen) atoms. The van der Waals surface area contributed by atoms with Crippen molar-refractivity contribution < 1.29 is 38.2 Å². The predicted octanol–water partition coefficient (Wildman–Crippen LogP) is 5.15. The van der Waals surface area contributed by atoms with E-state index in [1.54, 1.807) is 55.4 Å². The van der Waals surface area contributed by atoms with Crippen LogP contribution >= 0.6 is 0 Å². The number of nitrogens with one attached hydrogen (secondary N) is 3. The van der Waals surface area contributed by atoms with E-state index in [1.807, 2.05) is 48.5 Å². The van der Waals surface area contributed by atoms with Gasteiger partial charge in [0.05, 0.1) is 0 Å². The van der Waals surface area contributed by atoms with Crippen LogP contribution in [0.2, 0.25) is 0 Å². The Bertz CT molecular complexity index is 1390. The van der Waals surface area contributed by atoms with E-state index < -0.39 is 53.1 Å². The molecule has 0 radical (unpaired) electrons. The number of carbonyl (C=O) groups is 5. The molecule has 3 amide bonds. The number of ether oxygens (including phenoxy) is 3. The van der Waals surface area contributed by atoms with E-state index in [1.165, 1.54) is 0 Å². The van der Waals surface area contributed by atoms with E-state index in [4.69, 9.17) is 14.2 Å². The molecule has 1 unspecified atom stereocenters. The zero-order valence-corrected chi connectivity index (χ0v) is 28.7. The SMILES string of the molecule is CC(C)NC(=O)C(CCC(=O)OC(C)(C)C)NC(=O)[C@H](CCC(=O)OC(C)(C)C)NC(=O)OCC1c2ccccc2-c2ccccc21. The average Bonchev–Trinajstić information content (AvgIpc) is 3.27. The highest BCUT2D eigenvalue weighted by atomic mass is 16.6. The lowest BCUT2D eigenvalue weighted by Crippen LogP contribution is -2.54. The first-order valence-corrected chi connectivity index (χ1v) is 16.1. The number of fused-ring (bicyclic) bond motifs is 3. The minimum absolute atomic E-state index is 0.0234. The van der Waals surface area contributed by atoms with Gasteiger partial charge in [0.1, 0.15) is 29.9 Å². The molecule has 0 saturated heterocycles. The zero-order chi connectivity index (χ0) is 34.9. The molecule has 2 atom stereocenters. The van der Waals surface area contributed by atoms with Crippen LogP contribution in [0.25, 0.3) is 11.1 Å². The van der Waals surface area contributed by atoms with E-state index in [2.05, 4.69) is 16.0 Å². The van der Waals surface area contributed by atoms with E-state index in [0.717, 1.165) is 22.3 Å². The molecule has 1 aliphatic carbocycles. The van der Waals surface area contributed by atoms with Crippen LogP contribution in [-0.2, 0) is 33.4 Å². The van der Waals surface area contributed by atoms with Gasteiger partial charge in [-0.25, -0.2) is 4.79 Å². The minimum Gasteiger partial charge on any atom is -0.460 e. The first kappa shape index (κ1) is 37.1. The second-order valence-electron chi connectivity index (χ2n) is 14.0. The molecule has 0 bridgehead atoms. The number of esters is 2. The topological polar surface area (TPSA) is 149 Å². The molecular weight excluding hydrogens is 602 g/mol. The van der Waals surface area contributed by atoms with E-state index >= 15 is 0 Å². The number of hydrogen-bond acceptors (Lipinski definition) is 8. The van der Waals surface area contributed by atoms with Crippen molar-refractivity contribution in [3.05, 3.63) is 59.7 Å². The van der Waals surface area contributed by atoms with Gasteiger partial charge in [-0.1, -0.05) is 48.5 Å². The molecular formula is C36H49N3O8. The van der Waals surface area contributed by atoms with Gasteiger partial charge in [-0.05, 0) is 90.5 Å². The Balaban J connectivity index is 1.74. The monoisotopic (exact) mass is 651 g/mol. The lowest BCUT2D eigenvalue weighted by Gasteiger charge is -2.25. The summed E-state index contributed by atoms with van der Waals surface area (Å²) in [5.74, 6) is -2.48. The van der Waals surface area contributed by atoms with E-state index in [9.17, 15) is 24.0 Å². The van der Waals surface area contributed by atoms with Crippen molar-refractivity contribution in [1.29, 1.82) is 0 Å². The molecule has 0 aliphatic heterocycles. The number of benzene rings is 2. The lowest BCUT2D eigenvalue weighted by atomic mass is 9.98. The van der Waals surface area contributed by atoms with E-state index in [-0.39, 0.29) is 44.2 Å². The van der Waals surface area contributed by atoms with Gasteiger partial charge < -0.3 is 30.2 Å². The van der Waals surface area contributed by atoms with Crippen LogP contribution in [-0.4, -0.2) is 65.8 Å². The molecule has 1 aliphatic rings. The first-order valence-electron chi connectivity index (χ1n) is 16.1. The predicted molar refractivity (Wildman–Crippen MR) is 177 cm³/mol. The first-order chi connectivity index (χ1) is 21.9. The molecule has 2 aromatic rings. The van der Waals surface area contributed by atoms with Gasteiger partial charge in [-0.15, -0.1) is 0 Å². The zero-order valence-electron chi connectivity index (χ0n) is 28.7. The minimum atomic E-state index is -1.24. The maximum Gasteiger partial charge on any atom is 0.407 e. The molecule has 0 aromatic heterocycles. The van der Waals surface area contributed by atoms with Gasteiger partial charge in [0.25, 0.3) is 0 Å². The Morgan fingerprint density at radius 3 is 1.53 bits per heavy atom. The van der Waals surface area contributed by atoms with Crippen molar-refractivity contribution in [2.75, 3.05) is 6.61 Å². The van der Waals surface area contributed by atoms with Gasteiger partial charge in [0, 0.05) is 24.8 Å². The quantitative estimate of drug-likeness (QED) is 0.199. The standard InChI is InChI=1S/C36H49N3O8/c1-22(2)37-32(42)28(17-19-30(40)46-35(3,4)5)38-33(43)29(18-20-31(41)47-36(6,7)8)39-34(44)45-21-27-25-15-11-9-13-23(25)24-14-10-12-16-26(24)27/h9-16,22,27-29H,17-21H2,1-8H3,(H,37,42)(H,38,43)(H,39,44)/t28?,29-/m0/s1. The highest BCUT2D eigenvalue weighted by molar-refractivity contribution is 5.92. The summed E-state index contributed by atoms with van der Waals surface area (Å²) in [5.41, 5.74) is 2.76. The van der Waals surface area contributed by atoms with Crippen molar-refractivity contribution in [2.24, 2.45) is 0 Å². The van der Waals surface area contributed by atoms with Gasteiger partial charge >= 0.3 is 18.0 Å². The Kier molecular flexibility index (Phi) is 12.6.